The first kappa shape index (κ1) is 19.4. The number of nitrogens with zero attached hydrogens (tertiary/aromatic N) is 4. The van der Waals surface area contributed by atoms with Gasteiger partial charge in [-0.15, -0.1) is 5.10 Å². The molecule has 3 aliphatic heterocycles. The zero-order valence-electron chi connectivity index (χ0n) is 16.6. The van der Waals surface area contributed by atoms with Crippen LogP contribution in [0.3, 0.4) is 0 Å². The van der Waals surface area contributed by atoms with Crippen molar-refractivity contribution < 1.29 is 19.2 Å². The monoisotopic (exact) mass is 423 g/mol. The van der Waals surface area contributed by atoms with Gasteiger partial charge in [-0.1, -0.05) is 11.3 Å². The van der Waals surface area contributed by atoms with Gasteiger partial charge in [0.25, 0.3) is 11.8 Å². The van der Waals surface area contributed by atoms with Crippen molar-refractivity contribution in [3.05, 3.63) is 41.2 Å². The van der Waals surface area contributed by atoms with E-state index in [9.17, 15) is 19.2 Å². The highest BCUT2D eigenvalue weighted by Gasteiger charge is 2.45. The largest absolute Gasteiger partial charge is 0.379 e. The van der Waals surface area contributed by atoms with Crippen LogP contribution < -0.4 is 16.0 Å². The van der Waals surface area contributed by atoms with Gasteiger partial charge in [0.2, 0.25) is 11.8 Å². The molecule has 1 aromatic heterocycles. The molecule has 2 aromatic rings. The molecule has 1 atom stereocenters. The van der Waals surface area contributed by atoms with Gasteiger partial charge in [-0.25, -0.2) is 0 Å². The Morgan fingerprint density at radius 3 is 2.71 bits per heavy atom. The van der Waals surface area contributed by atoms with Crippen LogP contribution in [0.4, 0.5) is 5.69 Å². The van der Waals surface area contributed by atoms with Gasteiger partial charge in [0.05, 0.1) is 23.9 Å². The minimum Gasteiger partial charge on any atom is -0.379 e. The first-order valence-electron chi connectivity index (χ1n) is 10.2. The summed E-state index contributed by atoms with van der Waals surface area (Å²) in [7, 11) is 0. The van der Waals surface area contributed by atoms with E-state index in [1.807, 2.05) is 6.20 Å². The number of nitrogens with one attached hydrogen (secondary N) is 3. The zero-order chi connectivity index (χ0) is 21.5. The minimum atomic E-state index is -0.987. The van der Waals surface area contributed by atoms with Gasteiger partial charge < -0.3 is 10.6 Å². The Balaban J connectivity index is 1.32. The van der Waals surface area contributed by atoms with E-state index in [0.717, 1.165) is 24.5 Å². The second kappa shape index (κ2) is 7.58. The number of aromatic nitrogens is 3. The van der Waals surface area contributed by atoms with E-state index in [1.54, 1.807) is 22.9 Å². The lowest BCUT2D eigenvalue weighted by atomic mass is 10.0. The number of hydrogen-bond acceptors (Lipinski definition) is 8. The summed E-state index contributed by atoms with van der Waals surface area (Å²) >= 11 is 0. The molecule has 2 saturated heterocycles. The van der Waals surface area contributed by atoms with Crippen LogP contribution in [0, 0.1) is 5.92 Å². The second-order valence-corrected chi connectivity index (χ2v) is 7.99. The van der Waals surface area contributed by atoms with Crippen LogP contribution in [-0.2, 0) is 22.7 Å². The number of fused-ring (bicyclic) bond motifs is 1. The first-order valence-corrected chi connectivity index (χ1v) is 10.2. The predicted octanol–water partition coefficient (Wildman–Crippen LogP) is -0.489. The quantitative estimate of drug-likeness (QED) is 0.529. The van der Waals surface area contributed by atoms with Crippen LogP contribution in [-0.4, -0.2) is 62.7 Å². The van der Waals surface area contributed by atoms with E-state index in [-0.39, 0.29) is 24.0 Å². The molecule has 1 unspecified atom stereocenters. The van der Waals surface area contributed by atoms with Crippen LogP contribution in [0.2, 0.25) is 0 Å². The Bertz CT molecular complexity index is 1090. The van der Waals surface area contributed by atoms with Gasteiger partial charge in [-0.05, 0) is 18.6 Å². The molecule has 0 bridgehead atoms. The maximum atomic E-state index is 13.1. The van der Waals surface area contributed by atoms with E-state index in [2.05, 4.69) is 26.3 Å². The number of anilines is 1. The Hall–Kier alpha value is -3.60. The molecule has 1 aromatic carbocycles. The van der Waals surface area contributed by atoms with Crippen LogP contribution in [0.15, 0.2) is 24.4 Å². The fourth-order valence-electron chi connectivity index (χ4n) is 4.10. The molecule has 0 aliphatic carbocycles. The minimum absolute atomic E-state index is 0.0848. The fraction of sp³-hybridized carbons (Fsp3) is 0.400. The summed E-state index contributed by atoms with van der Waals surface area (Å²) in [5.74, 6) is -1.54. The molecular weight excluding hydrogens is 402 g/mol. The molecule has 0 radical (unpaired) electrons. The van der Waals surface area contributed by atoms with Crippen molar-refractivity contribution in [2.45, 2.75) is 32.0 Å². The SMILES string of the molecule is O=C1CCC(N2C(=O)c3cccc(NCc4cn(CC5CNC5)nn4)c3C2=O)C(=O)N1. The number of amides is 4. The van der Waals surface area contributed by atoms with Crippen LogP contribution in [0.1, 0.15) is 39.3 Å². The molecule has 4 amide bonds. The number of imide groups is 2. The van der Waals surface area contributed by atoms with Gasteiger partial charge in [-0.2, -0.15) is 0 Å². The molecule has 5 rings (SSSR count). The molecule has 0 saturated carbocycles. The maximum Gasteiger partial charge on any atom is 0.264 e. The van der Waals surface area contributed by atoms with E-state index in [1.165, 1.54) is 0 Å². The molecule has 31 heavy (non-hydrogen) atoms. The summed E-state index contributed by atoms with van der Waals surface area (Å²) < 4.78 is 1.80. The number of hydrogen-bond donors (Lipinski definition) is 3. The number of carbonyl (C=O) groups is 4. The molecule has 4 heterocycles. The molecule has 3 N–H and O–H groups in total. The predicted molar refractivity (Wildman–Crippen MR) is 107 cm³/mol. The van der Waals surface area contributed by atoms with Gasteiger partial charge in [0.15, 0.2) is 0 Å². The second-order valence-electron chi connectivity index (χ2n) is 7.99. The van der Waals surface area contributed by atoms with Crippen molar-refractivity contribution in [2.75, 3.05) is 18.4 Å². The topological polar surface area (TPSA) is 138 Å². The molecule has 11 heteroatoms. The molecule has 2 fully saturated rings. The van der Waals surface area contributed by atoms with Gasteiger partial charge in [-0.3, -0.25) is 34.1 Å². The van der Waals surface area contributed by atoms with Crippen LogP contribution >= 0.6 is 0 Å². The number of piperidine rings is 1. The summed E-state index contributed by atoms with van der Waals surface area (Å²) in [4.78, 5) is 50.6. The lowest BCUT2D eigenvalue weighted by Gasteiger charge is -2.27. The summed E-state index contributed by atoms with van der Waals surface area (Å²) in [5, 5.41) is 16.9. The smallest absolute Gasteiger partial charge is 0.264 e. The summed E-state index contributed by atoms with van der Waals surface area (Å²) in [6.07, 6.45) is 2.07. The summed E-state index contributed by atoms with van der Waals surface area (Å²) in [5.41, 5.74) is 1.66. The van der Waals surface area contributed by atoms with Gasteiger partial charge >= 0.3 is 0 Å². The molecule has 160 valence electrons. The lowest BCUT2D eigenvalue weighted by Crippen LogP contribution is -2.54. The van der Waals surface area contributed by atoms with E-state index in [0.29, 0.717) is 23.8 Å². The van der Waals surface area contributed by atoms with E-state index < -0.39 is 29.7 Å². The van der Waals surface area contributed by atoms with Crippen molar-refractivity contribution in [2.24, 2.45) is 5.92 Å². The van der Waals surface area contributed by atoms with Gasteiger partial charge in [0.1, 0.15) is 11.7 Å². The number of benzene rings is 1. The van der Waals surface area contributed by atoms with Crippen LogP contribution in [0.25, 0.3) is 0 Å². The average molecular weight is 423 g/mol. The van der Waals surface area contributed by atoms with Crippen molar-refractivity contribution in [1.82, 2.24) is 30.5 Å². The Morgan fingerprint density at radius 1 is 1.13 bits per heavy atom. The Labute approximate surface area is 177 Å². The molecule has 0 spiro atoms. The maximum absolute atomic E-state index is 13.1. The number of rotatable bonds is 6. The zero-order valence-corrected chi connectivity index (χ0v) is 16.6. The number of carbonyl (C=O) groups excluding carboxylic acids is 4. The lowest BCUT2D eigenvalue weighted by molar-refractivity contribution is -0.136. The van der Waals surface area contributed by atoms with Crippen molar-refractivity contribution >= 4 is 29.3 Å². The third-order valence-corrected chi connectivity index (χ3v) is 5.83. The molecule has 11 nitrogen and oxygen atoms in total. The highest BCUT2D eigenvalue weighted by Crippen LogP contribution is 2.32. The fourth-order valence-corrected chi connectivity index (χ4v) is 4.10. The normalized spacial score (nSPS) is 21.2. The average Bonchev–Trinajstić information content (AvgIpc) is 3.27. The van der Waals surface area contributed by atoms with E-state index >= 15 is 0 Å². The molecule has 3 aliphatic rings. The highest BCUT2D eigenvalue weighted by molar-refractivity contribution is 6.25. The molecular formula is C20H21N7O4. The van der Waals surface area contributed by atoms with Crippen LogP contribution in [0.5, 0.6) is 0 Å². The Kier molecular flexibility index (Phi) is 4.74. The third-order valence-electron chi connectivity index (χ3n) is 5.83. The standard InChI is InChI=1S/C20H21N7O4/c28-16-5-4-15(18(29)23-16)27-19(30)13-2-1-3-14(17(13)20(27)31)22-8-12-10-26(25-24-12)9-11-6-21-7-11/h1-3,10-11,15,21-22H,4-9H2,(H,23,28,29). The highest BCUT2D eigenvalue weighted by atomic mass is 16.2. The Morgan fingerprint density at radius 2 is 1.97 bits per heavy atom. The van der Waals surface area contributed by atoms with Gasteiger partial charge in [0, 0.05) is 37.7 Å². The third kappa shape index (κ3) is 3.46. The summed E-state index contributed by atoms with van der Waals surface area (Å²) in [6.45, 7) is 3.08. The van der Waals surface area contributed by atoms with E-state index in [4.69, 9.17) is 0 Å². The van der Waals surface area contributed by atoms with Crippen molar-refractivity contribution in [3.63, 3.8) is 0 Å². The summed E-state index contributed by atoms with van der Waals surface area (Å²) in [6, 6.07) is 3.97. The van der Waals surface area contributed by atoms with Crippen molar-refractivity contribution in [1.29, 1.82) is 0 Å². The first-order chi connectivity index (χ1) is 15.0. The van der Waals surface area contributed by atoms with Crippen molar-refractivity contribution in [3.8, 4) is 0 Å².